The first kappa shape index (κ1) is 19.6. The first-order valence-electron chi connectivity index (χ1n) is 11.4. The zero-order valence-corrected chi connectivity index (χ0v) is 17.5. The monoisotopic (exact) mass is 373 g/mol. The minimum atomic E-state index is -0.556. The Balaban J connectivity index is 1.61. The Bertz CT molecular complexity index is 630. The molecule has 3 nitrogen and oxygen atoms in total. The summed E-state index contributed by atoms with van der Waals surface area (Å²) in [6.07, 6.45) is 13.6. The number of fused-ring (bicyclic) bond motifs is 5. The second kappa shape index (κ2) is 6.69. The van der Waals surface area contributed by atoms with Crippen LogP contribution < -0.4 is 5.73 Å². The zero-order valence-electron chi connectivity index (χ0n) is 17.5. The van der Waals surface area contributed by atoms with E-state index in [1.807, 2.05) is 0 Å². The van der Waals surface area contributed by atoms with E-state index in [0.29, 0.717) is 41.9 Å². The molecule has 4 fully saturated rings. The molecule has 8 atom stereocenters. The van der Waals surface area contributed by atoms with Crippen LogP contribution in [-0.2, 0) is 4.79 Å². The van der Waals surface area contributed by atoms with Gasteiger partial charge in [0.2, 0.25) is 0 Å². The van der Waals surface area contributed by atoms with Crippen molar-refractivity contribution in [3.63, 3.8) is 0 Å². The normalized spacial score (nSPS) is 52.5. The molecular formula is C24H39NO2. The summed E-state index contributed by atoms with van der Waals surface area (Å²) in [4.78, 5) is 12.6. The highest BCUT2D eigenvalue weighted by molar-refractivity contribution is 5.87. The van der Waals surface area contributed by atoms with E-state index in [4.69, 9.17) is 5.73 Å². The molecule has 3 heteroatoms. The van der Waals surface area contributed by atoms with Crippen molar-refractivity contribution < 1.29 is 9.90 Å². The average Bonchev–Trinajstić information content (AvgIpc) is 2.92. The van der Waals surface area contributed by atoms with Crippen molar-refractivity contribution >= 4 is 5.78 Å². The number of carbonyl (C=O) groups excluding carboxylic acids is 1. The molecule has 3 N–H and O–H groups in total. The van der Waals surface area contributed by atoms with Gasteiger partial charge in [0.05, 0.1) is 5.60 Å². The van der Waals surface area contributed by atoms with Gasteiger partial charge >= 0.3 is 0 Å². The standard InChI is InChI=1S/C24H39NO2/c1-16-14-24(27)15-17(6-4-5-13-25)9-12-23(24,3)19-10-11-22(2)18(21(16)19)7-8-20(22)26/h4,6,16-19,21,27H,5,7-15,25H2,1-3H3/b6-4-/t16-,17-,18+,19+,21+,22+,23-,24-/m1/s1. The van der Waals surface area contributed by atoms with E-state index in [9.17, 15) is 9.90 Å². The molecular weight excluding hydrogens is 334 g/mol. The molecule has 0 radical (unpaired) electrons. The number of rotatable bonds is 3. The molecule has 0 spiro atoms. The van der Waals surface area contributed by atoms with Crippen molar-refractivity contribution in [1.82, 2.24) is 0 Å². The summed E-state index contributed by atoms with van der Waals surface area (Å²) in [6.45, 7) is 7.69. The molecule has 4 aliphatic carbocycles. The number of Topliss-reactive ketones (excluding diaryl/α,β-unsaturated/α-hetero) is 1. The smallest absolute Gasteiger partial charge is 0.139 e. The molecule has 0 aromatic rings. The molecule has 0 heterocycles. The molecule has 0 aliphatic heterocycles. The van der Waals surface area contributed by atoms with Crippen LogP contribution in [0.25, 0.3) is 0 Å². The molecule has 27 heavy (non-hydrogen) atoms. The lowest BCUT2D eigenvalue weighted by Gasteiger charge is -2.65. The molecule has 0 amide bonds. The summed E-state index contributed by atoms with van der Waals surface area (Å²) >= 11 is 0. The molecule has 4 saturated carbocycles. The SMILES string of the molecule is C[C@@H]1C[C@@]2(O)C[C@H](/C=C\CCN)CC[C@]2(C)[C@H]2CC[C@]3(C)C(=O)CC[C@H]3[C@H]12. The Hall–Kier alpha value is -0.670. The second-order valence-electron chi connectivity index (χ2n) is 10.8. The number of aliphatic hydroxyl groups is 1. The first-order valence-corrected chi connectivity index (χ1v) is 11.4. The maximum Gasteiger partial charge on any atom is 0.139 e. The van der Waals surface area contributed by atoms with Crippen molar-refractivity contribution in [2.75, 3.05) is 6.54 Å². The van der Waals surface area contributed by atoms with Gasteiger partial charge in [0.1, 0.15) is 5.78 Å². The van der Waals surface area contributed by atoms with Crippen molar-refractivity contribution in [2.45, 2.75) is 84.2 Å². The molecule has 0 unspecified atom stereocenters. The van der Waals surface area contributed by atoms with Crippen molar-refractivity contribution in [3.8, 4) is 0 Å². The van der Waals surface area contributed by atoms with Crippen LogP contribution in [-0.4, -0.2) is 23.0 Å². The van der Waals surface area contributed by atoms with Gasteiger partial charge in [-0.1, -0.05) is 32.9 Å². The molecule has 4 rings (SSSR count). The predicted octanol–water partition coefficient (Wildman–Crippen LogP) is 4.48. The van der Waals surface area contributed by atoms with Crippen LogP contribution in [0, 0.1) is 40.4 Å². The lowest BCUT2D eigenvalue weighted by atomic mass is 9.41. The number of carbonyl (C=O) groups is 1. The summed E-state index contributed by atoms with van der Waals surface area (Å²) in [6, 6.07) is 0. The zero-order chi connectivity index (χ0) is 19.4. The number of hydrogen-bond donors (Lipinski definition) is 2. The van der Waals surface area contributed by atoms with Gasteiger partial charge in [-0.15, -0.1) is 0 Å². The second-order valence-corrected chi connectivity index (χ2v) is 10.8. The van der Waals surface area contributed by atoms with E-state index >= 15 is 0 Å². The number of nitrogens with two attached hydrogens (primary N) is 1. The van der Waals surface area contributed by atoms with Gasteiger partial charge in [-0.2, -0.15) is 0 Å². The van der Waals surface area contributed by atoms with Crippen LogP contribution in [0.15, 0.2) is 12.2 Å². The summed E-state index contributed by atoms with van der Waals surface area (Å²) < 4.78 is 0. The highest BCUT2D eigenvalue weighted by Crippen LogP contribution is 2.68. The topological polar surface area (TPSA) is 63.3 Å². The van der Waals surface area contributed by atoms with E-state index in [1.54, 1.807) is 0 Å². The summed E-state index contributed by atoms with van der Waals surface area (Å²) in [5.74, 6) is 3.24. The molecule has 0 saturated heterocycles. The summed E-state index contributed by atoms with van der Waals surface area (Å²) in [5.41, 5.74) is 5.00. The van der Waals surface area contributed by atoms with E-state index in [2.05, 4.69) is 32.9 Å². The molecule has 0 aromatic heterocycles. The molecule has 4 aliphatic rings. The quantitative estimate of drug-likeness (QED) is 0.717. The predicted molar refractivity (Wildman–Crippen MR) is 109 cm³/mol. The van der Waals surface area contributed by atoms with Gasteiger partial charge in [-0.3, -0.25) is 4.79 Å². The van der Waals surface area contributed by atoms with E-state index in [-0.39, 0.29) is 10.8 Å². The fraction of sp³-hybridized carbons (Fsp3) is 0.875. The van der Waals surface area contributed by atoms with Crippen LogP contribution in [0.1, 0.15) is 78.6 Å². The van der Waals surface area contributed by atoms with Gasteiger partial charge < -0.3 is 10.8 Å². The van der Waals surface area contributed by atoms with Gasteiger partial charge in [0.25, 0.3) is 0 Å². The Morgan fingerprint density at radius 3 is 2.67 bits per heavy atom. The fourth-order valence-electron chi connectivity index (χ4n) is 8.06. The third-order valence-electron chi connectivity index (χ3n) is 9.62. The number of allylic oxidation sites excluding steroid dienone is 1. The van der Waals surface area contributed by atoms with Crippen molar-refractivity contribution in [3.05, 3.63) is 12.2 Å². The molecule has 152 valence electrons. The van der Waals surface area contributed by atoms with Crippen LogP contribution in [0.2, 0.25) is 0 Å². The number of hydrogen-bond acceptors (Lipinski definition) is 3. The minimum absolute atomic E-state index is 0.00928. The van der Waals surface area contributed by atoms with Gasteiger partial charge in [-0.05, 0) is 92.9 Å². The van der Waals surface area contributed by atoms with E-state index < -0.39 is 5.60 Å². The van der Waals surface area contributed by atoms with Gasteiger partial charge in [-0.25, -0.2) is 0 Å². The highest BCUT2D eigenvalue weighted by atomic mass is 16.3. The maximum absolute atomic E-state index is 12.6. The average molecular weight is 374 g/mol. The Kier molecular flexibility index (Phi) is 4.87. The van der Waals surface area contributed by atoms with Crippen molar-refractivity contribution in [1.29, 1.82) is 0 Å². The largest absolute Gasteiger partial charge is 0.389 e. The van der Waals surface area contributed by atoms with Gasteiger partial charge in [0, 0.05) is 11.8 Å². The minimum Gasteiger partial charge on any atom is -0.389 e. The third-order valence-corrected chi connectivity index (χ3v) is 9.62. The fourth-order valence-corrected chi connectivity index (χ4v) is 8.06. The van der Waals surface area contributed by atoms with Crippen LogP contribution >= 0.6 is 0 Å². The molecule has 0 bridgehead atoms. The molecule has 0 aromatic carbocycles. The summed E-state index contributed by atoms with van der Waals surface area (Å²) in [7, 11) is 0. The van der Waals surface area contributed by atoms with Crippen LogP contribution in [0.3, 0.4) is 0 Å². The maximum atomic E-state index is 12.6. The Morgan fingerprint density at radius 2 is 1.93 bits per heavy atom. The lowest BCUT2D eigenvalue weighted by Crippen LogP contribution is -2.64. The third kappa shape index (κ3) is 2.79. The van der Waals surface area contributed by atoms with E-state index in [0.717, 1.165) is 51.4 Å². The first-order chi connectivity index (χ1) is 12.7. The Morgan fingerprint density at radius 1 is 1.15 bits per heavy atom. The number of ketones is 1. The highest BCUT2D eigenvalue weighted by Gasteiger charge is 2.66. The van der Waals surface area contributed by atoms with Crippen LogP contribution in [0.5, 0.6) is 0 Å². The Labute approximate surface area is 165 Å². The van der Waals surface area contributed by atoms with E-state index in [1.165, 1.54) is 6.42 Å². The van der Waals surface area contributed by atoms with Crippen LogP contribution in [0.4, 0.5) is 0 Å². The lowest BCUT2D eigenvalue weighted by molar-refractivity contribution is -0.223. The van der Waals surface area contributed by atoms with Gasteiger partial charge in [0.15, 0.2) is 0 Å². The summed E-state index contributed by atoms with van der Waals surface area (Å²) in [5, 5.41) is 11.9. The van der Waals surface area contributed by atoms with Crippen molar-refractivity contribution in [2.24, 2.45) is 46.2 Å².